The predicted molar refractivity (Wildman–Crippen MR) is 94.0 cm³/mol. The van der Waals surface area contributed by atoms with E-state index in [1.165, 1.54) is 4.90 Å². The highest BCUT2D eigenvalue weighted by Crippen LogP contribution is 2.40. The molecule has 1 aromatic carbocycles. The van der Waals surface area contributed by atoms with Crippen molar-refractivity contribution in [1.29, 1.82) is 0 Å². The lowest BCUT2D eigenvalue weighted by Crippen LogP contribution is -2.30. The molecule has 1 heterocycles. The van der Waals surface area contributed by atoms with Crippen molar-refractivity contribution in [3.63, 3.8) is 0 Å². The van der Waals surface area contributed by atoms with Gasteiger partial charge in [-0.25, -0.2) is 10.2 Å². The second-order valence-corrected chi connectivity index (χ2v) is 6.52. The Balaban J connectivity index is 1.81. The van der Waals surface area contributed by atoms with Crippen LogP contribution in [-0.2, 0) is 9.59 Å². The van der Waals surface area contributed by atoms with E-state index in [2.05, 4.69) is 10.5 Å². The third kappa shape index (κ3) is 3.28. The van der Waals surface area contributed by atoms with Gasteiger partial charge >= 0.3 is 6.03 Å². The molecule has 2 aliphatic rings. The average molecular weight is 361 g/mol. The van der Waals surface area contributed by atoms with Gasteiger partial charge in [0.1, 0.15) is 0 Å². The summed E-state index contributed by atoms with van der Waals surface area (Å²) < 4.78 is 0. The number of amides is 4. The Labute approximate surface area is 149 Å². The van der Waals surface area contributed by atoms with Gasteiger partial charge in [-0.15, -0.1) is 0 Å². The number of carbonyl (C=O) groups excluding carboxylic acids is 3. The van der Waals surface area contributed by atoms with Crippen molar-refractivity contribution in [3.8, 4) is 0 Å². The lowest BCUT2D eigenvalue weighted by Gasteiger charge is -2.17. The van der Waals surface area contributed by atoms with E-state index in [9.17, 15) is 14.4 Å². The van der Waals surface area contributed by atoms with Gasteiger partial charge in [0.2, 0.25) is 11.8 Å². The van der Waals surface area contributed by atoms with Crippen LogP contribution in [0.4, 0.5) is 10.5 Å². The van der Waals surface area contributed by atoms with Gasteiger partial charge < -0.3 is 5.73 Å². The van der Waals surface area contributed by atoms with Crippen LogP contribution in [0.5, 0.6) is 0 Å². The highest BCUT2D eigenvalue weighted by atomic mass is 35.5. The highest BCUT2D eigenvalue weighted by Gasteiger charge is 2.48. The molecule has 1 fully saturated rings. The molecular weight excluding hydrogens is 344 g/mol. The van der Waals surface area contributed by atoms with Gasteiger partial charge in [-0.3, -0.25) is 14.5 Å². The number of hydrogen-bond donors (Lipinski definition) is 2. The summed E-state index contributed by atoms with van der Waals surface area (Å²) in [5, 5.41) is 4.47. The molecular formula is C17H17ClN4O3. The van der Waals surface area contributed by atoms with E-state index in [1.807, 2.05) is 6.08 Å². The number of carbonyl (C=O) groups is 3. The van der Waals surface area contributed by atoms with E-state index in [-0.39, 0.29) is 23.7 Å². The van der Waals surface area contributed by atoms with Crippen LogP contribution in [0, 0.1) is 11.8 Å². The number of nitrogens with one attached hydrogen (secondary N) is 1. The summed E-state index contributed by atoms with van der Waals surface area (Å²) in [4.78, 5) is 37.2. The van der Waals surface area contributed by atoms with E-state index >= 15 is 0 Å². The van der Waals surface area contributed by atoms with Gasteiger partial charge in [-0.1, -0.05) is 29.8 Å². The molecule has 0 saturated carbocycles. The maximum absolute atomic E-state index is 12.6. The summed E-state index contributed by atoms with van der Waals surface area (Å²) in [6.07, 6.45) is 2.72. The number of anilines is 1. The first-order valence-electron chi connectivity index (χ1n) is 7.81. The molecule has 25 heavy (non-hydrogen) atoms. The van der Waals surface area contributed by atoms with Crippen LogP contribution in [0.2, 0.25) is 0 Å². The Hall–Kier alpha value is -2.67. The monoisotopic (exact) mass is 360 g/mol. The number of nitrogens with zero attached hydrogens (tertiary/aromatic N) is 2. The maximum Gasteiger partial charge on any atom is 0.332 e. The zero-order valence-electron chi connectivity index (χ0n) is 13.5. The van der Waals surface area contributed by atoms with Gasteiger partial charge in [-0.05, 0) is 37.5 Å². The summed E-state index contributed by atoms with van der Waals surface area (Å²) >= 11 is 6.02. The van der Waals surface area contributed by atoms with Crippen molar-refractivity contribution in [2.75, 3.05) is 4.90 Å². The molecule has 0 aromatic heterocycles. The van der Waals surface area contributed by atoms with E-state index in [1.54, 1.807) is 31.2 Å². The minimum atomic E-state index is -0.751. The predicted octanol–water partition coefficient (Wildman–Crippen LogP) is 2.10. The molecule has 7 nitrogen and oxygen atoms in total. The SMILES string of the molecule is C/C(=N/NC(N)=O)c1ccc(N2C(=O)[C@H]3CC=C(Cl)C[C@H]3C2=O)cc1. The smallest absolute Gasteiger partial charge is 0.332 e. The Kier molecular flexibility index (Phi) is 4.59. The topological polar surface area (TPSA) is 105 Å². The Bertz CT molecular complexity index is 801. The molecule has 4 amide bonds. The number of allylic oxidation sites excluding steroid dienone is 2. The largest absolute Gasteiger partial charge is 0.350 e. The van der Waals surface area contributed by atoms with E-state index in [4.69, 9.17) is 17.3 Å². The summed E-state index contributed by atoms with van der Waals surface area (Å²) in [5.41, 5.74) is 8.93. The maximum atomic E-state index is 12.6. The fourth-order valence-electron chi connectivity index (χ4n) is 3.14. The van der Waals surface area contributed by atoms with Crippen molar-refractivity contribution in [2.45, 2.75) is 19.8 Å². The lowest BCUT2D eigenvalue weighted by molar-refractivity contribution is -0.122. The molecule has 1 aromatic rings. The third-order valence-corrected chi connectivity index (χ3v) is 4.75. The van der Waals surface area contributed by atoms with Crippen molar-refractivity contribution in [1.82, 2.24) is 5.43 Å². The zero-order valence-corrected chi connectivity index (χ0v) is 14.3. The van der Waals surface area contributed by atoms with Crippen LogP contribution in [0.1, 0.15) is 25.3 Å². The number of nitrogens with two attached hydrogens (primary N) is 1. The number of benzene rings is 1. The molecule has 3 N–H and O–H groups in total. The number of hydrazone groups is 1. The molecule has 1 aliphatic heterocycles. The molecule has 130 valence electrons. The summed E-state index contributed by atoms with van der Waals surface area (Å²) in [6, 6.07) is 6.07. The van der Waals surface area contributed by atoms with Crippen LogP contribution in [0.3, 0.4) is 0 Å². The van der Waals surface area contributed by atoms with Crippen LogP contribution in [-0.4, -0.2) is 23.6 Å². The van der Waals surface area contributed by atoms with Crippen LogP contribution >= 0.6 is 11.6 Å². The van der Waals surface area contributed by atoms with Crippen LogP contribution in [0.15, 0.2) is 40.5 Å². The fourth-order valence-corrected chi connectivity index (χ4v) is 3.39. The van der Waals surface area contributed by atoms with Crippen molar-refractivity contribution in [2.24, 2.45) is 22.7 Å². The summed E-state index contributed by atoms with van der Waals surface area (Å²) in [7, 11) is 0. The first kappa shape index (κ1) is 17.2. The second-order valence-electron chi connectivity index (χ2n) is 6.04. The standard InChI is InChI=1S/C17H17ClN4O3/c1-9(20-21-17(19)25)10-2-5-12(6-3-10)22-15(23)13-7-4-11(18)8-14(13)16(22)24/h2-6,13-14H,7-8H2,1H3,(H3,19,21,25)/b20-9-/t13-,14+/m0/s1. The fraction of sp³-hybridized carbons (Fsp3) is 0.294. The van der Waals surface area contributed by atoms with Gasteiger partial charge in [-0.2, -0.15) is 5.10 Å². The number of hydrogen-bond acceptors (Lipinski definition) is 4. The molecule has 0 radical (unpaired) electrons. The second kappa shape index (κ2) is 6.68. The van der Waals surface area contributed by atoms with Gasteiger partial charge in [0.25, 0.3) is 0 Å². The average Bonchev–Trinajstić information content (AvgIpc) is 2.83. The number of rotatable bonds is 3. The third-order valence-electron chi connectivity index (χ3n) is 4.45. The van der Waals surface area contributed by atoms with Crippen LogP contribution < -0.4 is 16.1 Å². The molecule has 0 spiro atoms. The Morgan fingerprint density at radius 3 is 2.52 bits per heavy atom. The van der Waals surface area contributed by atoms with E-state index in [0.29, 0.717) is 29.3 Å². The van der Waals surface area contributed by atoms with E-state index in [0.717, 1.165) is 5.56 Å². The number of halogens is 1. The normalized spacial score (nSPS) is 23.4. The summed E-state index contributed by atoms with van der Waals surface area (Å²) in [6.45, 7) is 1.71. The summed E-state index contributed by atoms with van der Waals surface area (Å²) in [5.74, 6) is -1.12. The minimum absolute atomic E-state index is 0.191. The van der Waals surface area contributed by atoms with Crippen molar-refractivity contribution < 1.29 is 14.4 Å². The first-order chi connectivity index (χ1) is 11.9. The number of urea groups is 1. The van der Waals surface area contributed by atoms with Gasteiger partial charge in [0, 0.05) is 5.03 Å². The van der Waals surface area contributed by atoms with Crippen molar-refractivity contribution >= 4 is 40.8 Å². The first-order valence-corrected chi connectivity index (χ1v) is 8.19. The zero-order chi connectivity index (χ0) is 18.1. The molecule has 1 aliphatic carbocycles. The van der Waals surface area contributed by atoms with Gasteiger partial charge in [0.15, 0.2) is 0 Å². The Morgan fingerprint density at radius 1 is 1.24 bits per heavy atom. The number of imide groups is 1. The van der Waals surface area contributed by atoms with Crippen LogP contribution in [0.25, 0.3) is 0 Å². The highest BCUT2D eigenvalue weighted by molar-refractivity contribution is 6.30. The molecule has 8 heteroatoms. The Morgan fingerprint density at radius 2 is 1.88 bits per heavy atom. The molecule has 2 atom stereocenters. The van der Waals surface area contributed by atoms with E-state index < -0.39 is 6.03 Å². The molecule has 3 rings (SSSR count). The number of fused-ring (bicyclic) bond motifs is 1. The molecule has 0 unspecified atom stereocenters. The lowest BCUT2D eigenvalue weighted by atomic mass is 9.85. The minimum Gasteiger partial charge on any atom is -0.350 e. The number of primary amides is 1. The molecule has 0 bridgehead atoms. The molecule has 1 saturated heterocycles. The quantitative estimate of drug-likeness (QED) is 0.490. The van der Waals surface area contributed by atoms with Crippen molar-refractivity contribution in [3.05, 3.63) is 40.9 Å². The van der Waals surface area contributed by atoms with Gasteiger partial charge in [0.05, 0.1) is 23.2 Å².